The molecule has 0 aliphatic heterocycles. The maximum Gasteiger partial charge on any atom is 0.305 e. The third-order valence-corrected chi connectivity index (χ3v) is 8.36. The number of hydrogen-bond donors (Lipinski definition) is 3. The molecule has 0 heterocycles. The van der Waals surface area contributed by atoms with Gasteiger partial charge in [0.1, 0.15) is 11.5 Å². The lowest BCUT2D eigenvalue weighted by Gasteiger charge is -2.20. The van der Waals surface area contributed by atoms with E-state index < -0.39 is 12.0 Å². The molecule has 0 radical (unpaired) electrons. The van der Waals surface area contributed by atoms with Gasteiger partial charge in [-0.1, -0.05) is 99.6 Å². The third kappa shape index (κ3) is 8.75. The fourth-order valence-electron chi connectivity index (χ4n) is 5.09. The molecule has 234 valence electrons. The standard InChI is InChI=1S/C39H37IN2O4/c1-39(2,3)30-17-9-26(10-18-30)25-41-35-22-19-31(40)23-34(35)38(45)42-36(24-37(43)44)29-13-11-27(12-14-29)28-15-20-33(21-16-28)46-32-7-5-4-6-8-32/h4-23,36,41H,24-25H2,1-3H3,(H,42,45)(H,43,44). The van der Waals surface area contributed by atoms with Crippen LogP contribution in [0.15, 0.2) is 121 Å². The number of ether oxygens (including phenoxy) is 1. The number of carboxylic acid groups (broad SMARTS) is 1. The fraction of sp³-hybridized carbons (Fsp3) is 0.179. The van der Waals surface area contributed by atoms with Gasteiger partial charge < -0.3 is 20.5 Å². The van der Waals surface area contributed by atoms with Gasteiger partial charge in [-0.15, -0.1) is 0 Å². The van der Waals surface area contributed by atoms with E-state index in [2.05, 4.69) is 78.3 Å². The Kier molecular flexibility index (Phi) is 10.4. The van der Waals surface area contributed by atoms with Gasteiger partial charge in [0.15, 0.2) is 0 Å². The molecule has 0 aliphatic rings. The van der Waals surface area contributed by atoms with E-state index in [0.29, 0.717) is 23.4 Å². The molecule has 1 amide bonds. The summed E-state index contributed by atoms with van der Waals surface area (Å²) in [5.41, 5.74) is 6.25. The Hall–Kier alpha value is -4.63. The van der Waals surface area contributed by atoms with E-state index in [1.807, 2.05) is 97.1 Å². The van der Waals surface area contributed by atoms with Crippen molar-refractivity contribution >= 4 is 40.2 Å². The molecule has 0 saturated carbocycles. The predicted octanol–water partition coefficient (Wildman–Crippen LogP) is 9.61. The van der Waals surface area contributed by atoms with E-state index in [-0.39, 0.29) is 17.7 Å². The van der Waals surface area contributed by atoms with Crippen LogP contribution in [0.4, 0.5) is 5.69 Å². The summed E-state index contributed by atoms with van der Waals surface area (Å²) in [7, 11) is 0. The Morgan fingerprint density at radius 1 is 0.783 bits per heavy atom. The average Bonchev–Trinajstić information content (AvgIpc) is 3.04. The maximum atomic E-state index is 13.6. The van der Waals surface area contributed by atoms with Crippen molar-refractivity contribution in [1.82, 2.24) is 5.32 Å². The highest BCUT2D eigenvalue weighted by molar-refractivity contribution is 14.1. The molecular weight excluding hydrogens is 687 g/mol. The van der Waals surface area contributed by atoms with Crippen molar-refractivity contribution < 1.29 is 19.4 Å². The van der Waals surface area contributed by atoms with Crippen molar-refractivity contribution in [2.24, 2.45) is 0 Å². The Bertz CT molecular complexity index is 1780. The summed E-state index contributed by atoms with van der Waals surface area (Å²) in [6.45, 7) is 7.10. The number of rotatable bonds is 11. The first-order valence-electron chi connectivity index (χ1n) is 15.1. The zero-order valence-corrected chi connectivity index (χ0v) is 28.2. The van der Waals surface area contributed by atoms with Gasteiger partial charge in [-0.2, -0.15) is 0 Å². The molecular formula is C39H37IN2O4. The summed E-state index contributed by atoms with van der Waals surface area (Å²) in [5.74, 6) is 0.167. The van der Waals surface area contributed by atoms with Crippen LogP contribution in [0.25, 0.3) is 11.1 Å². The second-order valence-electron chi connectivity index (χ2n) is 12.2. The van der Waals surface area contributed by atoms with Gasteiger partial charge in [-0.3, -0.25) is 9.59 Å². The SMILES string of the molecule is CC(C)(C)c1ccc(CNc2ccc(I)cc2C(=O)NC(CC(=O)O)c2ccc(-c3ccc(Oc4ccccc4)cc3)cc2)cc1. The van der Waals surface area contributed by atoms with Crippen LogP contribution in [0.3, 0.4) is 0 Å². The fourth-order valence-corrected chi connectivity index (χ4v) is 5.58. The Morgan fingerprint density at radius 3 is 2.00 bits per heavy atom. The number of carbonyl (C=O) groups is 2. The Balaban J connectivity index is 1.29. The van der Waals surface area contributed by atoms with Gasteiger partial charge in [0.05, 0.1) is 18.0 Å². The highest BCUT2D eigenvalue weighted by Gasteiger charge is 2.21. The zero-order valence-electron chi connectivity index (χ0n) is 26.1. The molecule has 0 spiro atoms. The van der Waals surface area contributed by atoms with Crippen LogP contribution >= 0.6 is 22.6 Å². The average molecular weight is 725 g/mol. The van der Waals surface area contributed by atoms with Gasteiger partial charge in [-0.05, 0) is 98.3 Å². The Labute approximate surface area is 284 Å². The first kappa shape index (κ1) is 32.8. The van der Waals surface area contributed by atoms with Crippen molar-refractivity contribution in [1.29, 1.82) is 0 Å². The molecule has 5 aromatic rings. The molecule has 0 fully saturated rings. The minimum Gasteiger partial charge on any atom is -0.481 e. The van der Waals surface area contributed by atoms with Crippen LogP contribution in [-0.2, 0) is 16.8 Å². The number of para-hydroxylation sites is 1. The zero-order chi connectivity index (χ0) is 32.7. The lowest BCUT2D eigenvalue weighted by molar-refractivity contribution is -0.137. The van der Waals surface area contributed by atoms with Gasteiger partial charge >= 0.3 is 5.97 Å². The number of hydrogen-bond acceptors (Lipinski definition) is 4. The van der Waals surface area contributed by atoms with Crippen molar-refractivity contribution in [2.75, 3.05) is 5.32 Å². The van der Waals surface area contributed by atoms with Crippen LogP contribution < -0.4 is 15.4 Å². The molecule has 0 saturated heterocycles. The monoisotopic (exact) mass is 724 g/mol. The molecule has 5 rings (SSSR count). The van der Waals surface area contributed by atoms with Gasteiger partial charge in [0.2, 0.25) is 0 Å². The molecule has 1 atom stereocenters. The summed E-state index contributed by atoms with van der Waals surface area (Å²) in [4.78, 5) is 25.5. The first-order valence-corrected chi connectivity index (χ1v) is 16.2. The number of carbonyl (C=O) groups excluding carboxylic acids is 1. The van der Waals surface area contributed by atoms with E-state index in [4.69, 9.17) is 4.74 Å². The summed E-state index contributed by atoms with van der Waals surface area (Å²) in [6.07, 6.45) is -0.247. The van der Waals surface area contributed by atoms with Crippen LogP contribution in [-0.4, -0.2) is 17.0 Å². The van der Waals surface area contributed by atoms with Crippen molar-refractivity contribution in [3.8, 4) is 22.6 Å². The number of halogens is 1. The normalized spacial score (nSPS) is 11.8. The largest absolute Gasteiger partial charge is 0.481 e. The summed E-state index contributed by atoms with van der Waals surface area (Å²) >= 11 is 2.18. The van der Waals surface area contributed by atoms with Crippen LogP contribution in [0.5, 0.6) is 11.5 Å². The quantitative estimate of drug-likeness (QED) is 0.118. The molecule has 0 aromatic heterocycles. The lowest BCUT2D eigenvalue weighted by Crippen LogP contribution is -2.30. The van der Waals surface area contributed by atoms with Crippen LogP contribution in [0, 0.1) is 3.57 Å². The lowest BCUT2D eigenvalue weighted by atomic mass is 9.87. The summed E-state index contributed by atoms with van der Waals surface area (Å²) in [6, 6.07) is 38.4. The third-order valence-electron chi connectivity index (χ3n) is 7.69. The molecule has 3 N–H and O–H groups in total. The van der Waals surface area contributed by atoms with Gasteiger partial charge in [0.25, 0.3) is 5.91 Å². The second kappa shape index (κ2) is 14.6. The smallest absolute Gasteiger partial charge is 0.305 e. The molecule has 6 nitrogen and oxygen atoms in total. The van der Waals surface area contributed by atoms with Crippen molar-refractivity contribution in [3.05, 3.63) is 147 Å². The van der Waals surface area contributed by atoms with E-state index in [1.165, 1.54) is 5.56 Å². The number of aliphatic carboxylic acids is 1. The molecule has 5 aromatic carbocycles. The van der Waals surface area contributed by atoms with E-state index in [0.717, 1.165) is 31.8 Å². The van der Waals surface area contributed by atoms with Gasteiger partial charge in [0, 0.05) is 15.8 Å². The number of benzene rings is 5. The minimum atomic E-state index is -0.997. The Morgan fingerprint density at radius 2 is 1.39 bits per heavy atom. The topological polar surface area (TPSA) is 87.7 Å². The van der Waals surface area contributed by atoms with Crippen molar-refractivity contribution in [2.45, 2.75) is 45.2 Å². The number of amides is 1. The van der Waals surface area contributed by atoms with Gasteiger partial charge in [-0.25, -0.2) is 0 Å². The van der Waals surface area contributed by atoms with Crippen molar-refractivity contribution in [3.63, 3.8) is 0 Å². The van der Waals surface area contributed by atoms with Crippen LogP contribution in [0.2, 0.25) is 0 Å². The first-order chi connectivity index (χ1) is 22.0. The van der Waals surface area contributed by atoms with E-state index in [9.17, 15) is 14.7 Å². The molecule has 1 unspecified atom stereocenters. The highest BCUT2D eigenvalue weighted by Crippen LogP contribution is 2.29. The molecule has 7 heteroatoms. The number of anilines is 1. The number of carboxylic acids is 1. The second-order valence-corrected chi connectivity index (χ2v) is 13.4. The molecule has 0 bridgehead atoms. The number of nitrogens with one attached hydrogen (secondary N) is 2. The summed E-state index contributed by atoms with van der Waals surface area (Å²) in [5, 5.41) is 16.1. The minimum absolute atomic E-state index is 0.0732. The summed E-state index contributed by atoms with van der Waals surface area (Å²) < 4.78 is 6.80. The predicted molar refractivity (Wildman–Crippen MR) is 192 cm³/mol. The van der Waals surface area contributed by atoms with Crippen LogP contribution in [0.1, 0.15) is 60.3 Å². The highest BCUT2D eigenvalue weighted by atomic mass is 127. The molecule has 46 heavy (non-hydrogen) atoms. The van der Waals surface area contributed by atoms with E-state index in [1.54, 1.807) is 0 Å². The maximum absolute atomic E-state index is 13.6. The molecule has 0 aliphatic carbocycles. The van der Waals surface area contributed by atoms with E-state index >= 15 is 0 Å².